The minimum Gasteiger partial charge on any atom is -0.477 e. The number of hydrogen-bond acceptors (Lipinski definition) is 4. The lowest BCUT2D eigenvalue weighted by Gasteiger charge is -2.45. The maximum atomic E-state index is 11.0. The van der Waals surface area contributed by atoms with Gasteiger partial charge in [0.1, 0.15) is 0 Å². The van der Waals surface area contributed by atoms with Crippen LogP contribution < -0.4 is 0 Å². The summed E-state index contributed by atoms with van der Waals surface area (Å²) in [5.74, 6) is -0.220. The van der Waals surface area contributed by atoms with E-state index in [1.54, 1.807) is 7.28 Å². The zero-order chi connectivity index (χ0) is 10.0. The molecule has 0 bridgehead atoms. The molecule has 0 aromatic carbocycles. The molecule has 0 N–H and O–H groups in total. The molecule has 1 heterocycles. The van der Waals surface area contributed by atoms with Crippen molar-refractivity contribution < 1.29 is 19.0 Å². The van der Waals surface area contributed by atoms with Crippen molar-refractivity contribution in [1.82, 2.24) is 0 Å². The summed E-state index contributed by atoms with van der Waals surface area (Å²) in [7, 11) is 3.06. The predicted molar refractivity (Wildman–Crippen MR) is 50.1 cm³/mol. The molecule has 0 aromatic rings. The second kappa shape index (κ2) is 3.91. The van der Waals surface area contributed by atoms with Gasteiger partial charge < -0.3 is 14.2 Å². The minimum absolute atomic E-state index is 0.235. The molecule has 2 fully saturated rings. The molecule has 1 saturated heterocycles. The summed E-state index contributed by atoms with van der Waals surface area (Å²) in [6, 6.07) is 0. The third-order valence-corrected chi connectivity index (χ3v) is 3.01. The molecule has 1 aliphatic carbocycles. The quantitative estimate of drug-likeness (QED) is 0.629. The van der Waals surface area contributed by atoms with Crippen LogP contribution in [0.4, 0.5) is 4.79 Å². The van der Waals surface area contributed by atoms with Crippen molar-refractivity contribution in [1.29, 1.82) is 0 Å². The number of carbonyl (C=O) groups is 1. The molecule has 4 nitrogen and oxygen atoms in total. The molecular weight excluding hydrogens is 183 g/mol. The summed E-state index contributed by atoms with van der Waals surface area (Å²) >= 11 is 0. The second-order valence-corrected chi connectivity index (χ2v) is 3.84. The van der Waals surface area contributed by atoms with Crippen molar-refractivity contribution in [2.45, 2.75) is 37.3 Å². The average molecular weight is 197 g/mol. The summed E-state index contributed by atoms with van der Waals surface area (Å²) < 4.78 is 15.4. The normalized spacial score (nSPS) is 25.5. The van der Waals surface area contributed by atoms with Gasteiger partial charge in [-0.05, 0) is 0 Å². The maximum absolute atomic E-state index is 11.0. The van der Waals surface area contributed by atoms with Crippen LogP contribution in [0.2, 0.25) is 5.82 Å². The highest BCUT2D eigenvalue weighted by Crippen LogP contribution is 2.42. The molecule has 1 spiro atoms. The summed E-state index contributed by atoms with van der Waals surface area (Å²) in [6.07, 6.45) is 3.64. The molecule has 0 atom stereocenters. The Kier molecular flexibility index (Phi) is 2.79. The Labute approximate surface area is 84.1 Å². The Morgan fingerprint density at radius 3 is 2.50 bits per heavy atom. The van der Waals surface area contributed by atoms with E-state index in [-0.39, 0.29) is 11.7 Å². The van der Waals surface area contributed by atoms with Crippen LogP contribution in [0.15, 0.2) is 0 Å². The van der Waals surface area contributed by atoms with Gasteiger partial charge in [-0.2, -0.15) is 0 Å². The molecule has 1 radical (unpaired) electrons. The Hall–Kier alpha value is -0.545. The van der Waals surface area contributed by atoms with E-state index in [1.165, 1.54) is 7.11 Å². The van der Waals surface area contributed by atoms with Crippen molar-refractivity contribution in [2.24, 2.45) is 0 Å². The summed E-state index contributed by atoms with van der Waals surface area (Å²) in [4.78, 5) is 11.0. The van der Waals surface area contributed by atoms with Crippen molar-refractivity contribution in [3.63, 3.8) is 0 Å². The molecule has 77 valence electrons. The average Bonchev–Trinajstić information content (AvgIpc) is 2.16. The van der Waals surface area contributed by atoms with Gasteiger partial charge in [0.2, 0.25) is 5.87 Å². The highest BCUT2D eigenvalue weighted by Gasteiger charge is 2.43. The predicted octanol–water partition coefficient (Wildman–Crippen LogP) is 1.52. The van der Waals surface area contributed by atoms with E-state index in [4.69, 9.17) is 9.47 Å². The van der Waals surface area contributed by atoms with Crippen LogP contribution in [0.1, 0.15) is 25.7 Å². The SMILES string of the molecule is COC(=O)[B]C1CCC2(CC1)OCO2. The maximum Gasteiger partial charge on any atom is 0.264 e. The smallest absolute Gasteiger partial charge is 0.264 e. The Morgan fingerprint density at radius 1 is 1.43 bits per heavy atom. The zero-order valence-corrected chi connectivity index (χ0v) is 8.32. The molecule has 2 aliphatic rings. The standard InChI is InChI=1S/C9H14BO4/c1-12-8(11)10-7-2-4-9(5-3-7)13-6-14-9/h7H,2-6H2,1H3. The van der Waals surface area contributed by atoms with Crippen LogP contribution in [0.3, 0.4) is 0 Å². The zero-order valence-electron chi connectivity index (χ0n) is 8.32. The van der Waals surface area contributed by atoms with E-state index >= 15 is 0 Å². The van der Waals surface area contributed by atoms with Gasteiger partial charge >= 0.3 is 0 Å². The van der Waals surface area contributed by atoms with Crippen molar-refractivity contribution in [3.05, 3.63) is 0 Å². The summed E-state index contributed by atoms with van der Waals surface area (Å²) in [5, 5.41) is 0. The van der Waals surface area contributed by atoms with Gasteiger partial charge in [-0.25, -0.2) is 0 Å². The van der Waals surface area contributed by atoms with Crippen molar-refractivity contribution in [2.75, 3.05) is 13.9 Å². The molecule has 0 amide bonds. The molecule has 14 heavy (non-hydrogen) atoms. The fourth-order valence-electron chi connectivity index (χ4n) is 2.02. The third-order valence-electron chi connectivity index (χ3n) is 3.01. The number of carbonyl (C=O) groups excluding carboxylic acids is 1. The highest BCUT2D eigenvalue weighted by molar-refractivity contribution is 6.73. The molecule has 2 rings (SSSR count). The van der Waals surface area contributed by atoms with Gasteiger partial charge in [-0.1, -0.05) is 18.7 Å². The molecule has 1 aliphatic heterocycles. The van der Waals surface area contributed by atoms with Crippen LogP contribution in [0.5, 0.6) is 0 Å². The fourth-order valence-corrected chi connectivity index (χ4v) is 2.02. The summed E-state index contributed by atoms with van der Waals surface area (Å²) in [5.41, 5.74) is 0. The number of ether oxygens (including phenoxy) is 3. The third kappa shape index (κ3) is 1.93. The monoisotopic (exact) mass is 197 g/mol. The van der Waals surface area contributed by atoms with Crippen LogP contribution >= 0.6 is 0 Å². The summed E-state index contributed by atoms with van der Waals surface area (Å²) in [6.45, 7) is 0.422. The minimum atomic E-state index is -0.305. The first-order chi connectivity index (χ1) is 6.74. The first kappa shape index (κ1) is 9.99. The van der Waals surface area contributed by atoms with Gasteiger partial charge in [-0.3, -0.25) is 4.79 Å². The van der Waals surface area contributed by atoms with Gasteiger partial charge in [0.05, 0.1) is 7.11 Å². The molecule has 0 aromatic heterocycles. The van der Waals surface area contributed by atoms with E-state index in [0.29, 0.717) is 12.6 Å². The van der Waals surface area contributed by atoms with E-state index in [2.05, 4.69) is 4.74 Å². The Balaban J connectivity index is 1.75. The first-order valence-electron chi connectivity index (χ1n) is 4.95. The van der Waals surface area contributed by atoms with Gasteiger partial charge in [0, 0.05) is 12.8 Å². The van der Waals surface area contributed by atoms with Gasteiger partial charge in [0.25, 0.3) is 7.28 Å². The van der Waals surface area contributed by atoms with Crippen LogP contribution in [0, 0.1) is 0 Å². The number of methoxy groups -OCH3 is 1. The lowest BCUT2D eigenvalue weighted by Crippen LogP contribution is -2.49. The fraction of sp³-hybridized carbons (Fsp3) is 0.889. The van der Waals surface area contributed by atoms with Gasteiger partial charge in [0.15, 0.2) is 12.6 Å². The van der Waals surface area contributed by atoms with Crippen molar-refractivity contribution in [3.8, 4) is 0 Å². The molecular formula is C9H14BO4. The van der Waals surface area contributed by atoms with Crippen molar-refractivity contribution >= 4 is 13.1 Å². The molecule has 5 heteroatoms. The number of hydrogen-bond donors (Lipinski definition) is 0. The van der Waals surface area contributed by atoms with E-state index in [1.807, 2.05) is 0 Å². The van der Waals surface area contributed by atoms with E-state index < -0.39 is 0 Å². The second-order valence-electron chi connectivity index (χ2n) is 3.84. The highest BCUT2D eigenvalue weighted by atomic mass is 16.9. The van der Waals surface area contributed by atoms with E-state index in [0.717, 1.165) is 25.7 Å². The first-order valence-corrected chi connectivity index (χ1v) is 4.95. The lowest BCUT2D eigenvalue weighted by molar-refractivity contribution is -0.406. The van der Waals surface area contributed by atoms with E-state index in [9.17, 15) is 4.79 Å². The van der Waals surface area contributed by atoms with Crippen LogP contribution in [-0.4, -0.2) is 32.8 Å². The van der Waals surface area contributed by atoms with Crippen LogP contribution in [0.25, 0.3) is 0 Å². The molecule has 1 saturated carbocycles. The Morgan fingerprint density at radius 2 is 2.07 bits per heavy atom. The molecule has 0 unspecified atom stereocenters. The van der Waals surface area contributed by atoms with Gasteiger partial charge in [-0.15, -0.1) is 0 Å². The lowest BCUT2D eigenvalue weighted by atomic mass is 9.58. The van der Waals surface area contributed by atoms with Crippen LogP contribution in [-0.2, 0) is 14.2 Å². The topological polar surface area (TPSA) is 44.8 Å². The number of rotatable bonds is 2. The Bertz CT molecular complexity index is 217. The largest absolute Gasteiger partial charge is 0.477 e.